The van der Waals surface area contributed by atoms with Crippen LogP contribution in [0.25, 0.3) is 0 Å². The molecule has 3 amide bonds. The lowest BCUT2D eigenvalue weighted by atomic mass is 10.6. The number of hydrazine groups is 1. The molecule has 0 aliphatic heterocycles. The topological polar surface area (TPSA) is 97.3 Å². The van der Waals surface area contributed by atoms with Gasteiger partial charge in [0.25, 0.3) is 0 Å². The lowest BCUT2D eigenvalue weighted by Gasteiger charge is -2.07. The highest BCUT2D eigenvalue weighted by Crippen LogP contribution is 2.03. The molecule has 0 saturated carbocycles. The molecule has 8 nitrogen and oxygen atoms in total. The predicted octanol–water partition coefficient (Wildman–Crippen LogP) is 0.686. The van der Waals surface area contributed by atoms with Crippen molar-refractivity contribution in [3.05, 3.63) is 12.4 Å². The number of nitrogens with one attached hydrogen (secondary N) is 3. The molecule has 1 aromatic heterocycles. The first-order chi connectivity index (χ1) is 8.15. The van der Waals surface area contributed by atoms with Crippen LogP contribution in [0.1, 0.15) is 13.8 Å². The third-order valence-electron chi connectivity index (χ3n) is 1.77. The van der Waals surface area contributed by atoms with Crippen molar-refractivity contribution in [2.45, 2.75) is 20.4 Å². The number of anilines is 1. The Balaban J connectivity index is 2.32. The number of nitrogens with zero attached hydrogens (tertiary/aromatic N) is 2. The van der Waals surface area contributed by atoms with Crippen molar-refractivity contribution in [3.63, 3.8) is 0 Å². The quantitative estimate of drug-likeness (QED) is 0.678. The fraction of sp³-hybridized carbons (Fsp3) is 0.444. The monoisotopic (exact) mass is 241 g/mol. The second-order valence-corrected chi connectivity index (χ2v) is 3.01. The molecule has 94 valence electrons. The number of urea groups is 1. The van der Waals surface area contributed by atoms with Gasteiger partial charge in [-0.25, -0.2) is 20.4 Å². The zero-order valence-electron chi connectivity index (χ0n) is 9.69. The van der Waals surface area contributed by atoms with E-state index in [9.17, 15) is 9.59 Å². The Bertz CT molecular complexity index is 390. The maximum atomic E-state index is 11.3. The Morgan fingerprint density at radius 1 is 1.41 bits per heavy atom. The van der Waals surface area contributed by atoms with Gasteiger partial charge in [0.05, 0.1) is 18.5 Å². The summed E-state index contributed by atoms with van der Waals surface area (Å²) >= 11 is 0. The Hall–Kier alpha value is -2.25. The molecule has 0 aliphatic carbocycles. The molecular formula is C9H15N5O3. The minimum absolute atomic E-state index is 0.235. The third kappa shape index (κ3) is 4.41. The van der Waals surface area contributed by atoms with E-state index >= 15 is 0 Å². The summed E-state index contributed by atoms with van der Waals surface area (Å²) < 4.78 is 6.22. The van der Waals surface area contributed by atoms with Crippen LogP contribution in [0.15, 0.2) is 12.4 Å². The van der Waals surface area contributed by atoms with E-state index in [1.165, 1.54) is 6.20 Å². The number of amides is 3. The van der Waals surface area contributed by atoms with Crippen molar-refractivity contribution in [2.24, 2.45) is 0 Å². The van der Waals surface area contributed by atoms with Gasteiger partial charge in [-0.3, -0.25) is 4.68 Å². The Kier molecular flexibility index (Phi) is 4.79. The number of ether oxygens (including phenoxy) is 1. The second kappa shape index (κ2) is 6.36. The number of rotatable bonds is 3. The number of aryl methyl sites for hydroxylation is 1. The summed E-state index contributed by atoms with van der Waals surface area (Å²) in [5.74, 6) is 0. The van der Waals surface area contributed by atoms with E-state index in [1.54, 1.807) is 17.8 Å². The van der Waals surface area contributed by atoms with Crippen molar-refractivity contribution in [1.82, 2.24) is 20.6 Å². The van der Waals surface area contributed by atoms with E-state index in [4.69, 9.17) is 0 Å². The summed E-state index contributed by atoms with van der Waals surface area (Å²) in [6.07, 6.45) is 2.46. The molecule has 0 aliphatic rings. The molecule has 0 radical (unpaired) electrons. The molecule has 0 bridgehead atoms. The number of aromatic nitrogens is 2. The van der Waals surface area contributed by atoms with E-state index < -0.39 is 12.1 Å². The lowest BCUT2D eigenvalue weighted by molar-refractivity contribution is 0.148. The maximum Gasteiger partial charge on any atom is 0.426 e. The Morgan fingerprint density at radius 2 is 2.18 bits per heavy atom. The van der Waals surface area contributed by atoms with Crippen LogP contribution >= 0.6 is 0 Å². The van der Waals surface area contributed by atoms with Gasteiger partial charge in [-0.05, 0) is 13.8 Å². The Morgan fingerprint density at radius 3 is 2.76 bits per heavy atom. The van der Waals surface area contributed by atoms with Crippen molar-refractivity contribution >= 4 is 17.8 Å². The first-order valence-electron chi connectivity index (χ1n) is 5.18. The highest BCUT2D eigenvalue weighted by Gasteiger charge is 2.05. The van der Waals surface area contributed by atoms with Gasteiger partial charge < -0.3 is 10.1 Å². The van der Waals surface area contributed by atoms with Gasteiger partial charge in [0, 0.05) is 12.7 Å². The molecule has 3 N–H and O–H groups in total. The summed E-state index contributed by atoms with van der Waals surface area (Å²) in [6, 6.07) is -0.575. The van der Waals surface area contributed by atoms with Gasteiger partial charge in [-0.1, -0.05) is 0 Å². The van der Waals surface area contributed by atoms with Gasteiger partial charge in [-0.2, -0.15) is 5.10 Å². The number of hydrogen-bond donors (Lipinski definition) is 3. The van der Waals surface area contributed by atoms with Crippen molar-refractivity contribution in [3.8, 4) is 0 Å². The zero-order valence-corrected chi connectivity index (χ0v) is 9.69. The van der Waals surface area contributed by atoms with E-state index in [-0.39, 0.29) is 6.61 Å². The molecule has 17 heavy (non-hydrogen) atoms. The second-order valence-electron chi connectivity index (χ2n) is 3.01. The maximum absolute atomic E-state index is 11.3. The average Bonchev–Trinajstić information content (AvgIpc) is 2.74. The van der Waals surface area contributed by atoms with Crippen LogP contribution in [0.5, 0.6) is 0 Å². The average molecular weight is 241 g/mol. The van der Waals surface area contributed by atoms with Crippen molar-refractivity contribution < 1.29 is 14.3 Å². The molecule has 0 aromatic carbocycles. The molecule has 0 spiro atoms. The lowest BCUT2D eigenvalue weighted by Crippen LogP contribution is -2.44. The minimum Gasteiger partial charge on any atom is -0.449 e. The molecule has 0 unspecified atom stereocenters. The zero-order chi connectivity index (χ0) is 12.7. The van der Waals surface area contributed by atoms with E-state index in [1.807, 2.05) is 6.92 Å². The van der Waals surface area contributed by atoms with Crippen molar-refractivity contribution in [1.29, 1.82) is 0 Å². The smallest absolute Gasteiger partial charge is 0.426 e. The van der Waals surface area contributed by atoms with Crippen LogP contribution in [-0.4, -0.2) is 28.5 Å². The summed E-state index contributed by atoms with van der Waals surface area (Å²) in [5, 5.41) is 6.46. The van der Waals surface area contributed by atoms with Crippen LogP contribution < -0.4 is 16.2 Å². The van der Waals surface area contributed by atoms with Gasteiger partial charge >= 0.3 is 12.1 Å². The molecule has 8 heteroatoms. The molecule has 0 saturated heterocycles. The number of carbonyl (C=O) groups is 2. The fourth-order valence-electron chi connectivity index (χ4n) is 1.04. The highest BCUT2D eigenvalue weighted by atomic mass is 16.6. The van der Waals surface area contributed by atoms with Crippen LogP contribution in [0.3, 0.4) is 0 Å². The molecular weight excluding hydrogens is 226 g/mol. The van der Waals surface area contributed by atoms with Crippen LogP contribution in [0.4, 0.5) is 15.3 Å². The summed E-state index contributed by atoms with van der Waals surface area (Å²) in [4.78, 5) is 22.1. The fourth-order valence-corrected chi connectivity index (χ4v) is 1.04. The summed E-state index contributed by atoms with van der Waals surface area (Å²) in [5.41, 5.74) is 4.74. The highest BCUT2D eigenvalue weighted by molar-refractivity contribution is 5.89. The van der Waals surface area contributed by atoms with Gasteiger partial charge in [0.2, 0.25) is 0 Å². The number of hydrogen-bond acceptors (Lipinski definition) is 4. The molecule has 1 aromatic rings. The first-order valence-corrected chi connectivity index (χ1v) is 5.18. The predicted molar refractivity (Wildman–Crippen MR) is 60.2 cm³/mol. The van der Waals surface area contributed by atoms with Crippen LogP contribution in [0.2, 0.25) is 0 Å². The number of carbonyl (C=O) groups excluding carboxylic acids is 2. The first kappa shape index (κ1) is 12.8. The summed E-state index contributed by atoms with van der Waals surface area (Å²) in [6.45, 7) is 4.54. The normalized spacial score (nSPS) is 9.53. The molecule has 0 fully saturated rings. The van der Waals surface area contributed by atoms with Crippen LogP contribution in [0, 0.1) is 0 Å². The Labute approximate surface area is 98.3 Å². The van der Waals surface area contributed by atoms with Crippen molar-refractivity contribution in [2.75, 3.05) is 11.9 Å². The SMILES string of the molecule is CCOC(=O)NNC(=O)Nc1cnn(CC)c1. The molecule has 1 rings (SSSR count). The van der Waals surface area contributed by atoms with E-state index in [2.05, 4.69) is 26.0 Å². The third-order valence-corrected chi connectivity index (χ3v) is 1.77. The van der Waals surface area contributed by atoms with Crippen LogP contribution in [-0.2, 0) is 11.3 Å². The molecule has 1 heterocycles. The standard InChI is InChI=1S/C9H15N5O3/c1-3-14-6-7(5-10-14)11-8(15)12-13-9(16)17-4-2/h5-6H,3-4H2,1-2H3,(H,13,16)(H2,11,12,15). The summed E-state index contributed by atoms with van der Waals surface area (Å²) in [7, 11) is 0. The van der Waals surface area contributed by atoms with E-state index in [0.717, 1.165) is 0 Å². The van der Waals surface area contributed by atoms with Gasteiger partial charge in [0.1, 0.15) is 0 Å². The largest absolute Gasteiger partial charge is 0.449 e. The minimum atomic E-state index is -0.716. The van der Waals surface area contributed by atoms with Gasteiger partial charge in [-0.15, -0.1) is 0 Å². The molecule has 0 atom stereocenters. The van der Waals surface area contributed by atoms with Gasteiger partial charge in [0.15, 0.2) is 0 Å². The van der Waals surface area contributed by atoms with E-state index in [0.29, 0.717) is 12.2 Å².